The van der Waals surface area contributed by atoms with Crippen LogP contribution in [0.15, 0.2) is 34.0 Å². The SMILES string of the molecule is CB(O)N1CCC(Oc2cc3c(cc2Br)CC(C(=O)C(C=N)=CN(C)C)=C3)CC1. The molecule has 29 heavy (non-hydrogen) atoms. The number of rotatable bonds is 7. The Morgan fingerprint density at radius 1 is 1.38 bits per heavy atom. The molecule has 0 unspecified atom stereocenters. The van der Waals surface area contributed by atoms with E-state index in [-0.39, 0.29) is 11.9 Å². The smallest absolute Gasteiger partial charge is 0.376 e. The summed E-state index contributed by atoms with van der Waals surface area (Å²) in [6.07, 6.45) is 7.08. The van der Waals surface area contributed by atoms with Gasteiger partial charge in [0.05, 0.1) is 10.0 Å². The van der Waals surface area contributed by atoms with Crippen molar-refractivity contribution in [3.63, 3.8) is 0 Å². The van der Waals surface area contributed by atoms with Gasteiger partial charge in [-0.2, -0.15) is 0 Å². The van der Waals surface area contributed by atoms with Gasteiger partial charge in [0.1, 0.15) is 11.9 Å². The van der Waals surface area contributed by atoms with Crippen molar-refractivity contribution in [3.05, 3.63) is 45.1 Å². The Bertz CT molecular complexity index is 859. The zero-order valence-electron chi connectivity index (χ0n) is 17.1. The highest BCUT2D eigenvalue weighted by molar-refractivity contribution is 9.10. The van der Waals surface area contributed by atoms with Crippen molar-refractivity contribution in [2.24, 2.45) is 0 Å². The maximum atomic E-state index is 12.8. The van der Waals surface area contributed by atoms with Gasteiger partial charge in [-0.3, -0.25) is 4.79 Å². The average molecular weight is 460 g/mol. The highest BCUT2D eigenvalue weighted by Gasteiger charge is 2.27. The molecule has 1 saturated heterocycles. The molecule has 1 aromatic carbocycles. The second-order valence-electron chi connectivity index (χ2n) is 7.83. The summed E-state index contributed by atoms with van der Waals surface area (Å²) in [6.45, 7) is 3.42. The number of allylic oxidation sites excluding steroid dienone is 2. The van der Waals surface area contributed by atoms with Crippen molar-refractivity contribution in [3.8, 4) is 5.75 Å². The number of halogens is 1. The molecule has 0 atom stereocenters. The topological polar surface area (TPSA) is 76.9 Å². The standard InChI is InChI=1S/C21H27BBrN3O3/c1-22(28)26-6-4-18(5-7-26)29-20-11-15-9-16(8-14(15)10-19(20)23)21(27)17(12-24)13-25(2)3/h9-13,18,24,28H,4-8H2,1-3H3. The number of nitrogens with zero attached hydrogens (tertiary/aromatic N) is 2. The number of hydrogen-bond acceptors (Lipinski definition) is 6. The molecule has 1 fully saturated rings. The van der Waals surface area contributed by atoms with Crippen LogP contribution < -0.4 is 4.74 Å². The van der Waals surface area contributed by atoms with Gasteiger partial charge in [-0.05, 0) is 78.0 Å². The van der Waals surface area contributed by atoms with Gasteiger partial charge in [0.25, 0.3) is 0 Å². The number of ketones is 1. The molecule has 2 N–H and O–H groups in total. The lowest BCUT2D eigenvalue weighted by atomic mass is 9.82. The molecule has 0 amide bonds. The quantitative estimate of drug-likeness (QED) is 0.372. The molecule has 0 aromatic heterocycles. The van der Waals surface area contributed by atoms with E-state index >= 15 is 0 Å². The van der Waals surface area contributed by atoms with Crippen LogP contribution in [0.5, 0.6) is 5.75 Å². The van der Waals surface area contributed by atoms with Gasteiger partial charge < -0.3 is 24.9 Å². The van der Waals surface area contributed by atoms with Crippen LogP contribution in [-0.2, 0) is 11.2 Å². The molecule has 0 spiro atoms. The molecule has 3 rings (SSSR count). The molecule has 0 saturated carbocycles. The first-order valence-corrected chi connectivity index (χ1v) is 10.6. The average Bonchev–Trinajstić information content (AvgIpc) is 3.08. The Morgan fingerprint density at radius 3 is 2.66 bits per heavy atom. The summed E-state index contributed by atoms with van der Waals surface area (Å²) in [7, 11) is 3.25. The molecule has 0 radical (unpaired) electrons. The second-order valence-corrected chi connectivity index (χ2v) is 8.69. The molecular weight excluding hydrogens is 433 g/mol. The Kier molecular flexibility index (Phi) is 6.98. The molecule has 2 aliphatic rings. The maximum Gasteiger partial charge on any atom is 0.376 e. The van der Waals surface area contributed by atoms with E-state index in [1.165, 1.54) is 0 Å². The number of carbonyl (C=O) groups excluding carboxylic acids is 1. The third kappa shape index (κ3) is 5.18. The van der Waals surface area contributed by atoms with Crippen LogP contribution in [0.4, 0.5) is 0 Å². The van der Waals surface area contributed by atoms with Gasteiger partial charge in [0.2, 0.25) is 0 Å². The summed E-state index contributed by atoms with van der Waals surface area (Å²) in [5.41, 5.74) is 3.12. The van der Waals surface area contributed by atoms with Crippen LogP contribution in [0.25, 0.3) is 6.08 Å². The summed E-state index contributed by atoms with van der Waals surface area (Å²) in [6, 6.07) is 4.01. The van der Waals surface area contributed by atoms with Crippen LogP contribution in [0, 0.1) is 5.41 Å². The number of piperidine rings is 1. The van der Waals surface area contributed by atoms with E-state index in [2.05, 4.69) is 15.9 Å². The summed E-state index contributed by atoms with van der Waals surface area (Å²) in [5.74, 6) is 0.661. The molecule has 1 aliphatic carbocycles. The fourth-order valence-corrected chi connectivity index (χ4v) is 4.23. The van der Waals surface area contributed by atoms with E-state index < -0.39 is 7.05 Å². The largest absolute Gasteiger partial charge is 0.489 e. The Balaban J connectivity index is 1.73. The Morgan fingerprint density at radius 2 is 2.07 bits per heavy atom. The number of nitrogens with one attached hydrogen (secondary N) is 1. The van der Waals surface area contributed by atoms with Gasteiger partial charge in [-0.25, -0.2) is 0 Å². The van der Waals surface area contributed by atoms with E-state index in [4.69, 9.17) is 10.1 Å². The van der Waals surface area contributed by atoms with Crippen LogP contribution in [0.1, 0.15) is 24.0 Å². The molecular formula is C21H27BBrN3O3. The Labute approximate surface area is 181 Å². The van der Waals surface area contributed by atoms with Gasteiger partial charge in [0.15, 0.2) is 5.78 Å². The summed E-state index contributed by atoms with van der Waals surface area (Å²) in [5, 5.41) is 17.2. The first-order valence-electron chi connectivity index (χ1n) is 9.83. The van der Waals surface area contributed by atoms with E-state index in [9.17, 15) is 9.82 Å². The van der Waals surface area contributed by atoms with Crippen LogP contribution in [-0.4, -0.2) is 67.1 Å². The highest BCUT2D eigenvalue weighted by atomic mass is 79.9. The van der Waals surface area contributed by atoms with E-state index in [0.29, 0.717) is 17.6 Å². The molecule has 154 valence electrons. The zero-order chi connectivity index (χ0) is 21.1. The minimum absolute atomic E-state index is 0.110. The predicted molar refractivity (Wildman–Crippen MR) is 120 cm³/mol. The van der Waals surface area contributed by atoms with E-state index in [0.717, 1.165) is 53.5 Å². The summed E-state index contributed by atoms with van der Waals surface area (Å²) < 4.78 is 7.11. The molecule has 1 aliphatic heterocycles. The maximum absolute atomic E-state index is 12.8. The van der Waals surface area contributed by atoms with Gasteiger partial charge in [-0.15, -0.1) is 0 Å². The summed E-state index contributed by atoms with van der Waals surface area (Å²) >= 11 is 3.61. The molecule has 1 heterocycles. The lowest BCUT2D eigenvalue weighted by molar-refractivity contribution is -0.111. The molecule has 1 aromatic rings. The molecule has 0 bridgehead atoms. The number of hydrogen-bond donors (Lipinski definition) is 2. The van der Waals surface area contributed by atoms with Gasteiger partial charge >= 0.3 is 7.05 Å². The number of ether oxygens (including phenoxy) is 1. The van der Waals surface area contributed by atoms with Gasteiger partial charge in [0, 0.05) is 38.5 Å². The van der Waals surface area contributed by atoms with Crippen LogP contribution >= 0.6 is 15.9 Å². The van der Waals surface area contributed by atoms with Crippen molar-refractivity contribution < 1.29 is 14.6 Å². The van der Waals surface area contributed by atoms with Crippen molar-refractivity contribution >= 4 is 41.1 Å². The minimum Gasteiger partial charge on any atom is -0.489 e. The third-order valence-corrected chi connectivity index (χ3v) is 5.93. The lowest BCUT2D eigenvalue weighted by Crippen LogP contribution is -2.45. The number of fused-ring (bicyclic) bond motifs is 1. The second kappa shape index (κ2) is 9.28. The highest BCUT2D eigenvalue weighted by Crippen LogP contribution is 2.36. The summed E-state index contributed by atoms with van der Waals surface area (Å²) in [4.78, 5) is 16.6. The zero-order valence-corrected chi connectivity index (χ0v) is 18.7. The molecule has 8 heteroatoms. The molecule has 6 nitrogen and oxygen atoms in total. The van der Waals surface area contributed by atoms with Crippen molar-refractivity contribution in [2.75, 3.05) is 27.2 Å². The number of carbonyl (C=O) groups is 1. The minimum atomic E-state index is -0.420. The van der Waals surface area contributed by atoms with Crippen molar-refractivity contribution in [1.29, 1.82) is 5.41 Å². The fourth-order valence-electron chi connectivity index (χ4n) is 3.75. The van der Waals surface area contributed by atoms with E-state index in [1.807, 2.05) is 37.1 Å². The van der Waals surface area contributed by atoms with Crippen LogP contribution in [0.3, 0.4) is 0 Å². The third-order valence-electron chi connectivity index (χ3n) is 5.31. The number of Topliss-reactive ketones (excluding diaryl/α,β-unsaturated/α-hetero) is 1. The fraction of sp³-hybridized carbons (Fsp3) is 0.429. The predicted octanol–water partition coefficient (Wildman–Crippen LogP) is 3.01. The van der Waals surface area contributed by atoms with E-state index in [1.54, 1.807) is 17.9 Å². The van der Waals surface area contributed by atoms with Crippen LogP contribution in [0.2, 0.25) is 6.82 Å². The Hall–Kier alpha value is -1.90. The first-order chi connectivity index (χ1) is 13.8. The lowest BCUT2D eigenvalue weighted by Gasteiger charge is -2.33. The van der Waals surface area contributed by atoms with Crippen molar-refractivity contribution in [1.82, 2.24) is 9.71 Å². The van der Waals surface area contributed by atoms with Gasteiger partial charge in [-0.1, -0.05) is 0 Å². The normalized spacial score (nSPS) is 17.6. The van der Waals surface area contributed by atoms with Crippen molar-refractivity contribution in [2.45, 2.75) is 32.2 Å². The first kappa shape index (κ1) is 21.8. The number of benzene rings is 1. The monoisotopic (exact) mass is 459 g/mol.